The Morgan fingerprint density at radius 2 is 1.73 bits per heavy atom. The van der Waals surface area contributed by atoms with Crippen LogP contribution in [-0.2, 0) is 16.0 Å². The van der Waals surface area contributed by atoms with Crippen LogP contribution in [0.4, 0.5) is 0 Å². The van der Waals surface area contributed by atoms with Gasteiger partial charge in [0.15, 0.2) is 6.10 Å². The van der Waals surface area contributed by atoms with Crippen molar-refractivity contribution in [1.82, 2.24) is 5.32 Å². The molecule has 0 aliphatic heterocycles. The van der Waals surface area contributed by atoms with Crippen LogP contribution >= 0.6 is 0 Å². The first-order valence-corrected chi connectivity index (χ1v) is 7.23. The van der Waals surface area contributed by atoms with Gasteiger partial charge < -0.3 is 14.8 Å². The van der Waals surface area contributed by atoms with Gasteiger partial charge in [0.1, 0.15) is 5.75 Å². The Morgan fingerprint density at radius 3 is 2.41 bits per heavy atom. The molecule has 1 N–H and O–H groups in total. The molecule has 2 aromatic rings. The van der Waals surface area contributed by atoms with E-state index < -0.39 is 6.10 Å². The van der Waals surface area contributed by atoms with Crippen molar-refractivity contribution in [3.8, 4) is 5.75 Å². The fraction of sp³-hybridized carbons (Fsp3) is 0.278. The second-order valence-electron chi connectivity index (χ2n) is 4.88. The molecule has 0 aromatic heterocycles. The SMILES string of the molecule is COc1ccccc1CCNC(=O)[C@H](OC)c1ccccc1. The van der Waals surface area contributed by atoms with Crippen molar-refractivity contribution in [2.75, 3.05) is 20.8 Å². The van der Waals surface area contributed by atoms with E-state index in [1.807, 2.05) is 54.6 Å². The summed E-state index contributed by atoms with van der Waals surface area (Å²) in [7, 11) is 3.19. The van der Waals surface area contributed by atoms with Gasteiger partial charge in [-0.3, -0.25) is 4.79 Å². The van der Waals surface area contributed by atoms with Crippen molar-refractivity contribution in [2.24, 2.45) is 0 Å². The number of rotatable bonds is 7. The normalized spacial score (nSPS) is 11.7. The number of methoxy groups -OCH3 is 2. The topological polar surface area (TPSA) is 47.6 Å². The molecule has 0 bridgehead atoms. The summed E-state index contributed by atoms with van der Waals surface area (Å²) >= 11 is 0. The van der Waals surface area contributed by atoms with Crippen molar-refractivity contribution in [3.05, 3.63) is 65.7 Å². The highest BCUT2D eigenvalue weighted by molar-refractivity contribution is 5.82. The highest BCUT2D eigenvalue weighted by atomic mass is 16.5. The minimum Gasteiger partial charge on any atom is -0.496 e. The van der Waals surface area contributed by atoms with Crippen LogP contribution in [-0.4, -0.2) is 26.7 Å². The lowest BCUT2D eigenvalue weighted by Crippen LogP contribution is -2.32. The quantitative estimate of drug-likeness (QED) is 0.855. The number of carbonyl (C=O) groups is 1. The van der Waals surface area contributed by atoms with Gasteiger partial charge in [0.25, 0.3) is 5.91 Å². The zero-order chi connectivity index (χ0) is 15.8. The van der Waals surface area contributed by atoms with E-state index in [1.54, 1.807) is 7.11 Å². The smallest absolute Gasteiger partial charge is 0.253 e. The van der Waals surface area contributed by atoms with E-state index in [2.05, 4.69) is 5.32 Å². The molecule has 0 spiro atoms. The summed E-state index contributed by atoms with van der Waals surface area (Å²) in [6, 6.07) is 17.3. The molecule has 2 rings (SSSR count). The highest BCUT2D eigenvalue weighted by Gasteiger charge is 2.19. The van der Waals surface area contributed by atoms with Gasteiger partial charge in [-0.25, -0.2) is 0 Å². The Kier molecular flexibility index (Phi) is 5.98. The van der Waals surface area contributed by atoms with Crippen LogP contribution in [0.15, 0.2) is 54.6 Å². The van der Waals surface area contributed by atoms with Gasteiger partial charge in [-0.05, 0) is 23.6 Å². The zero-order valence-electron chi connectivity index (χ0n) is 12.9. The first-order valence-electron chi connectivity index (χ1n) is 7.23. The molecule has 4 heteroatoms. The van der Waals surface area contributed by atoms with Gasteiger partial charge in [-0.15, -0.1) is 0 Å². The molecule has 116 valence electrons. The average molecular weight is 299 g/mol. The minimum atomic E-state index is -0.584. The standard InChI is InChI=1S/C18H21NO3/c1-21-16-11-7-6-8-14(16)12-13-19-18(20)17(22-2)15-9-4-3-5-10-15/h3-11,17H,12-13H2,1-2H3,(H,19,20)/t17-/m1/s1. The van der Waals surface area contributed by atoms with E-state index >= 15 is 0 Å². The number of para-hydroxylation sites is 1. The summed E-state index contributed by atoms with van der Waals surface area (Å²) in [5.41, 5.74) is 1.92. The summed E-state index contributed by atoms with van der Waals surface area (Å²) in [4.78, 5) is 12.3. The average Bonchev–Trinajstić information content (AvgIpc) is 2.57. The molecule has 0 aliphatic rings. The summed E-state index contributed by atoms with van der Waals surface area (Å²) in [5.74, 6) is 0.701. The third-order valence-electron chi connectivity index (χ3n) is 3.46. The lowest BCUT2D eigenvalue weighted by molar-refractivity contribution is -0.131. The number of hydrogen-bond donors (Lipinski definition) is 1. The first kappa shape index (κ1) is 16.0. The van der Waals surface area contributed by atoms with E-state index in [4.69, 9.17) is 9.47 Å². The molecule has 0 heterocycles. The van der Waals surface area contributed by atoms with Gasteiger partial charge in [-0.1, -0.05) is 48.5 Å². The zero-order valence-corrected chi connectivity index (χ0v) is 12.9. The van der Waals surface area contributed by atoms with Crippen molar-refractivity contribution in [3.63, 3.8) is 0 Å². The van der Waals surface area contributed by atoms with Crippen LogP contribution in [0.5, 0.6) is 5.75 Å². The molecule has 0 fully saturated rings. The minimum absolute atomic E-state index is 0.136. The lowest BCUT2D eigenvalue weighted by atomic mass is 10.1. The predicted octanol–water partition coefficient (Wildman–Crippen LogP) is 2.74. The van der Waals surface area contributed by atoms with E-state index in [1.165, 1.54) is 7.11 Å². The number of carbonyl (C=O) groups excluding carboxylic acids is 1. The Hall–Kier alpha value is -2.33. The van der Waals surface area contributed by atoms with Crippen molar-refractivity contribution < 1.29 is 14.3 Å². The predicted molar refractivity (Wildman–Crippen MR) is 85.9 cm³/mol. The van der Waals surface area contributed by atoms with E-state index in [0.29, 0.717) is 13.0 Å². The van der Waals surface area contributed by atoms with Crippen LogP contribution in [0.1, 0.15) is 17.2 Å². The van der Waals surface area contributed by atoms with Crippen LogP contribution < -0.4 is 10.1 Å². The molecule has 0 unspecified atom stereocenters. The summed E-state index contributed by atoms with van der Waals surface area (Å²) in [6.45, 7) is 0.534. The highest BCUT2D eigenvalue weighted by Crippen LogP contribution is 2.18. The van der Waals surface area contributed by atoms with Gasteiger partial charge in [0.2, 0.25) is 0 Å². The Morgan fingerprint density at radius 1 is 1.05 bits per heavy atom. The van der Waals surface area contributed by atoms with Gasteiger partial charge in [-0.2, -0.15) is 0 Å². The Labute approximate surface area is 131 Å². The molecule has 2 aromatic carbocycles. The third kappa shape index (κ3) is 4.09. The summed E-state index contributed by atoms with van der Waals surface area (Å²) < 4.78 is 10.6. The second kappa shape index (κ2) is 8.20. The van der Waals surface area contributed by atoms with Crippen molar-refractivity contribution >= 4 is 5.91 Å². The fourth-order valence-electron chi connectivity index (χ4n) is 2.34. The maximum Gasteiger partial charge on any atom is 0.253 e. The second-order valence-corrected chi connectivity index (χ2v) is 4.88. The van der Waals surface area contributed by atoms with E-state index in [9.17, 15) is 4.79 Å². The van der Waals surface area contributed by atoms with Gasteiger partial charge in [0, 0.05) is 13.7 Å². The van der Waals surface area contributed by atoms with Crippen molar-refractivity contribution in [2.45, 2.75) is 12.5 Å². The molecule has 4 nitrogen and oxygen atoms in total. The fourth-order valence-corrected chi connectivity index (χ4v) is 2.34. The molecule has 0 saturated heterocycles. The Bertz CT molecular complexity index is 598. The van der Waals surface area contributed by atoms with Crippen LogP contribution in [0.3, 0.4) is 0 Å². The number of benzene rings is 2. The summed E-state index contributed by atoms with van der Waals surface area (Å²) in [6.07, 6.45) is 0.125. The Balaban J connectivity index is 1.92. The lowest BCUT2D eigenvalue weighted by Gasteiger charge is -2.16. The number of nitrogens with one attached hydrogen (secondary N) is 1. The molecule has 22 heavy (non-hydrogen) atoms. The molecule has 1 amide bonds. The number of amides is 1. The number of hydrogen-bond acceptors (Lipinski definition) is 3. The van der Waals surface area contributed by atoms with Gasteiger partial charge >= 0.3 is 0 Å². The molecule has 0 saturated carbocycles. The van der Waals surface area contributed by atoms with Gasteiger partial charge in [0.05, 0.1) is 7.11 Å². The number of ether oxygens (including phenoxy) is 2. The van der Waals surface area contributed by atoms with Crippen LogP contribution in [0.2, 0.25) is 0 Å². The molecular formula is C18H21NO3. The third-order valence-corrected chi connectivity index (χ3v) is 3.46. The van der Waals surface area contributed by atoms with Crippen molar-refractivity contribution in [1.29, 1.82) is 0 Å². The molecule has 0 radical (unpaired) electrons. The summed E-state index contributed by atoms with van der Waals surface area (Å²) in [5, 5.41) is 2.91. The first-order chi connectivity index (χ1) is 10.8. The maximum absolute atomic E-state index is 12.3. The van der Waals surface area contributed by atoms with Crippen LogP contribution in [0, 0.1) is 0 Å². The monoisotopic (exact) mass is 299 g/mol. The molecule has 1 atom stereocenters. The largest absolute Gasteiger partial charge is 0.496 e. The van der Waals surface area contributed by atoms with E-state index in [0.717, 1.165) is 16.9 Å². The van der Waals surface area contributed by atoms with Crippen LogP contribution in [0.25, 0.3) is 0 Å². The maximum atomic E-state index is 12.3. The molecular weight excluding hydrogens is 278 g/mol. The molecule has 0 aliphatic carbocycles. The van der Waals surface area contributed by atoms with E-state index in [-0.39, 0.29) is 5.91 Å².